The lowest BCUT2D eigenvalue weighted by Gasteiger charge is -2.30. The van der Waals surface area contributed by atoms with Gasteiger partial charge >= 0.3 is 0 Å². The molecule has 1 saturated carbocycles. The predicted molar refractivity (Wildman–Crippen MR) is 79.7 cm³/mol. The van der Waals surface area contributed by atoms with Crippen molar-refractivity contribution < 1.29 is 0 Å². The van der Waals surface area contributed by atoms with E-state index >= 15 is 0 Å². The molecule has 4 heteroatoms. The summed E-state index contributed by atoms with van der Waals surface area (Å²) in [6, 6.07) is 3.82. The zero-order valence-corrected chi connectivity index (χ0v) is 12.2. The quantitative estimate of drug-likeness (QED) is 0.846. The predicted octanol–water partition coefficient (Wildman–Crippen LogP) is 2.29. The SMILES string of the molecule is O=c1cccnn1CC1CCCN1CC1CCCCC1. The third kappa shape index (κ3) is 3.29. The van der Waals surface area contributed by atoms with Crippen molar-refractivity contribution in [3.63, 3.8) is 0 Å². The molecule has 1 aliphatic heterocycles. The van der Waals surface area contributed by atoms with Gasteiger partial charge in [0.25, 0.3) is 5.56 Å². The minimum absolute atomic E-state index is 0.0250. The van der Waals surface area contributed by atoms with Crippen LogP contribution in [0, 0.1) is 5.92 Å². The zero-order valence-electron chi connectivity index (χ0n) is 12.2. The average molecular weight is 275 g/mol. The van der Waals surface area contributed by atoms with Crippen LogP contribution in [0.3, 0.4) is 0 Å². The molecule has 1 unspecified atom stereocenters. The second kappa shape index (κ2) is 6.53. The van der Waals surface area contributed by atoms with Crippen molar-refractivity contribution >= 4 is 0 Å². The number of aromatic nitrogens is 2. The molecule has 1 aromatic rings. The van der Waals surface area contributed by atoms with Crippen LogP contribution >= 0.6 is 0 Å². The first-order valence-electron chi connectivity index (χ1n) is 8.09. The molecule has 110 valence electrons. The Labute approximate surface area is 120 Å². The van der Waals surface area contributed by atoms with Crippen molar-refractivity contribution in [1.29, 1.82) is 0 Å². The van der Waals surface area contributed by atoms with Gasteiger partial charge in [-0.1, -0.05) is 19.3 Å². The fourth-order valence-electron chi connectivity index (χ4n) is 3.77. The molecule has 0 spiro atoms. The molecule has 1 saturated heterocycles. The fraction of sp³-hybridized carbons (Fsp3) is 0.750. The molecule has 4 nitrogen and oxygen atoms in total. The summed E-state index contributed by atoms with van der Waals surface area (Å²) in [6.45, 7) is 3.18. The lowest BCUT2D eigenvalue weighted by atomic mass is 9.89. The summed E-state index contributed by atoms with van der Waals surface area (Å²) < 4.78 is 1.63. The summed E-state index contributed by atoms with van der Waals surface area (Å²) in [5, 5.41) is 4.20. The van der Waals surface area contributed by atoms with Crippen LogP contribution in [-0.4, -0.2) is 33.8 Å². The maximum Gasteiger partial charge on any atom is 0.266 e. The molecule has 1 aliphatic carbocycles. The monoisotopic (exact) mass is 275 g/mol. The van der Waals surface area contributed by atoms with Gasteiger partial charge in [0, 0.05) is 24.8 Å². The van der Waals surface area contributed by atoms with E-state index in [4.69, 9.17) is 0 Å². The van der Waals surface area contributed by atoms with Gasteiger partial charge in [0.05, 0.1) is 6.54 Å². The molecule has 2 heterocycles. The Bertz CT molecular complexity index is 479. The van der Waals surface area contributed by atoms with Crippen molar-refractivity contribution in [3.8, 4) is 0 Å². The van der Waals surface area contributed by atoms with E-state index in [0.29, 0.717) is 6.04 Å². The average Bonchev–Trinajstić information content (AvgIpc) is 2.90. The van der Waals surface area contributed by atoms with Gasteiger partial charge in [-0.3, -0.25) is 9.69 Å². The van der Waals surface area contributed by atoms with Gasteiger partial charge in [-0.15, -0.1) is 0 Å². The Hall–Kier alpha value is -1.16. The lowest BCUT2D eigenvalue weighted by molar-refractivity contribution is 0.171. The van der Waals surface area contributed by atoms with Crippen LogP contribution in [0.25, 0.3) is 0 Å². The van der Waals surface area contributed by atoms with Crippen molar-refractivity contribution in [3.05, 3.63) is 28.7 Å². The summed E-state index contributed by atoms with van der Waals surface area (Å²) >= 11 is 0. The van der Waals surface area contributed by atoms with Crippen LogP contribution in [0.15, 0.2) is 23.1 Å². The minimum atomic E-state index is 0.0250. The summed E-state index contributed by atoms with van der Waals surface area (Å²) in [4.78, 5) is 14.4. The highest BCUT2D eigenvalue weighted by atomic mass is 16.1. The number of nitrogens with zero attached hydrogens (tertiary/aromatic N) is 3. The number of hydrogen-bond acceptors (Lipinski definition) is 3. The molecule has 20 heavy (non-hydrogen) atoms. The summed E-state index contributed by atoms with van der Waals surface area (Å²) in [7, 11) is 0. The normalized spacial score (nSPS) is 25.1. The van der Waals surface area contributed by atoms with Crippen LogP contribution in [0.4, 0.5) is 0 Å². The Morgan fingerprint density at radius 3 is 2.75 bits per heavy atom. The molecule has 1 aromatic heterocycles. The third-order valence-electron chi connectivity index (χ3n) is 4.89. The van der Waals surface area contributed by atoms with Gasteiger partial charge in [0.1, 0.15) is 0 Å². The first-order valence-corrected chi connectivity index (χ1v) is 8.09. The van der Waals surface area contributed by atoms with Gasteiger partial charge in [0.15, 0.2) is 0 Å². The number of likely N-dealkylation sites (tertiary alicyclic amines) is 1. The second-order valence-corrected chi connectivity index (χ2v) is 6.34. The van der Waals surface area contributed by atoms with Crippen LogP contribution in [0.2, 0.25) is 0 Å². The van der Waals surface area contributed by atoms with E-state index in [1.807, 2.05) is 0 Å². The molecule has 1 atom stereocenters. The smallest absolute Gasteiger partial charge is 0.266 e. The molecular weight excluding hydrogens is 250 g/mol. The fourth-order valence-corrected chi connectivity index (χ4v) is 3.77. The van der Waals surface area contributed by atoms with E-state index in [-0.39, 0.29) is 5.56 Å². The Balaban J connectivity index is 1.60. The first-order chi connectivity index (χ1) is 9.83. The summed E-state index contributed by atoms with van der Waals surface area (Å²) in [6.07, 6.45) is 11.2. The van der Waals surface area contributed by atoms with Crippen LogP contribution in [-0.2, 0) is 6.54 Å². The van der Waals surface area contributed by atoms with Crippen LogP contribution < -0.4 is 5.56 Å². The second-order valence-electron chi connectivity index (χ2n) is 6.34. The minimum Gasteiger partial charge on any atom is -0.298 e. The maximum atomic E-state index is 11.8. The third-order valence-corrected chi connectivity index (χ3v) is 4.89. The topological polar surface area (TPSA) is 38.1 Å². The molecular formula is C16H25N3O. The van der Waals surface area contributed by atoms with Crippen molar-refractivity contribution in [1.82, 2.24) is 14.7 Å². The van der Waals surface area contributed by atoms with Gasteiger partial charge < -0.3 is 0 Å². The molecule has 2 fully saturated rings. The van der Waals surface area contributed by atoms with E-state index in [1.54, 1.807) is 23.0 Å². The molecule has 3 rings (SSSR count). The van der Waals surface area contributed by atoms with Crippen molar-refractivity contribution in [2.75, 3.05) is 13.1 Å². The van der Waals surface area contributed by atoms with Crippen molar-refractivity contribution in [2.45, 2.75) is 57.5 Å². The Kier molecular flexibility index (Phi) is 4.51. The van der Waals surface area contributed by atoms with E-state index < -0.39 is 0 Å². The molecule has 0 aromatic carbocycles. The molecule has 2 aliphatic rings. The van der Waals surface area contributed by atoms with Gasteiger partial charge in [-0.05, 0) is 44.2 Å². The number of hydrogen-bond donors (Lipinski definition) is 0. The van der Waals surface area contributed by atoms with Crippen molar-refractivity contribution in [2.24, 2.45) is 5.92 Å². The lowest BCUT2D eigenvalue weighted by Crippen LogP contribution is -2.39. The standard InChI is InChI=1S/C16H25N3O/c20-16-9-4-10-17-19(16)13-15-8-5-11-18(15)12-14-6-2-1-3-7-14/h4,9-10,14-15H,1-3,5-8,11-13H2. The summed E-state index contributed by atoms with van der Waals surface area (Å²) in [5.74, 6) is 0.879. The largest absolute Gasteiger partial charge is 0.298 e. The molecule has 0 amide bonds. The van der Waals surface area contributed by atoms with Crippen LogP contribution in [0.5, 0.6) is 0 Å². The van der Waals surface area contributed by atoms with E-state index in [2.05, 4.69) is 10.00 Å². The molecule has 0 bridgehead atoms. The van der Waals surface area contributed by atoms with E-state index in [1.165, 1.54) is 58.0 Å². The molecule has 0 N–H and O–H groups in total. The van der Waals surface area contributed by atoms with E-state index in [9.17, 15) is 4.79 Å². The highest BCUT2D eigenvalue weighted by Gasteiger charge is 2.28. The Morgan fingerprint density at radius 2 is 1.95 bits per heavy atom. The zero-order chi connectivity index (χ0) is 13.8. The Morgan fingerprint density at radius 1 is 1.10 bits per heavy atom. The summed E-state index contributed by atoms with van der Waals surface area (Å²) in [5.41, 5.74) is 0.0250. The maximum absolute atomic E-state index is 11.8. The van der Waals surface area contributed by atoms with Gasteiger partial charge in [0.2, 0.25) is 0 Å². The van der Waals surface area contributed by atoms with Crippen LogP contribution in [0.1, 0.15) is 44.9 Å². The highest BCUT2D eigenvalue weighted by molar-refractivity contribution is 4.87. The first kappa shape index (κ1) is 13.8. The van der Waals surface area contributed by atoms with Gasteiger partial charge in [-0.25, -0.2) is 4.68 Å². The van der Waals surface area contributed by atoms with Gasteiger partial charge in [-0.2, -0.15) is 5.10 Å². The van der Waals surface area contributed by atoms with E-state index in [0.717, 1.165) is 12.5 Å². The molecule has 0 radical (unpaired) electrons. The highest BCUT2D eigenvalue weighted by Crippen LogP contribution is 2.27. The number of rotatable bonds is 4.